The number of hydrogen-bond acceptors (Lipinski definition) is 1. The first-order valence-corrected chi connectivity index (χ1v) is 4.34. The molecule has 0 radical (unpaired) electrons. The summed E-state index contributed by atoms with van der Waals surface area (Å²) in [5, 5.41) is 3.20. The Morgan fingerprint density at radius 2 is 2.27 bits per heavy atom. The van der Waals surface area contributed by atoms with Gasteiger partial charge in [-0.2, -0.15) is 0 Å². The highest BCUT2D eigenvalue weighted by molar-refractivity contribution is 4.91. The van der Waals surface area contributed by atoms with Gasteiger partial charge in [-0.3, -0.25) is 0 Å². The Balaban J connectivity index is 3.17. The van der Waals surface area contributed by atoms with Gasteiger partial charge >= 0.3 is 0 Å². The van der Waals surface area contributed by atoms with Crippen molar-refractivity contribution in [3.63, 3.8) is 0 Å². The molecule has 0 aromatic heterocycles. The predicted molar refractivity (Wildman–Crippen MR) is 51.5 cm³/mol. The number of unbranched alkanes of at least 4 members (excludes halogenated alkanes) is 1. The van der Waals surface area contributed by atoms with Crippen LogP contribution in [0, 0.1) is 0 Å². The van der Waals surface area contributed by atoms with Gasteiger partial charge < -0.3 is 5.32 Å². The topological polar surface area (TPSA) is 12.0 Å². The summed E-state index contributed by atoms with van der Waals surface area (Å²) in [6.45, 7) is 9.04. The molecule has 0 aromatic rings. The van der Waals surface area contributed by atoms with Gasteiger partial charge in [-0.05, 0) is 33.1 Å². The third-order valence-electron chi connectivity index (χ3n) is 1.51. The molecule has 1 nitrogen and oxygen atoms in total. The quantitative estimate of drug-likeness (QED) is 0.457. The van der Waals surface area contributed by atoms with Crippen LogP contribution in [0.2, 0.25) is 0 Å². The summed E-state index contributed by atoms with van der Waals surface area (Å²) >= 11 is 0. The molecular formula is C10H19N. The second kappa shape index (κ2) is 7.39. The molecule has 0 saturated heterocycles. The highest BCUT2D eigenvalue weighted by Crippen LogP contribution is 2.02. The van der Waals surface area contributed by atoms with E-state index in [1.54, 1.807) is 0 Å². The van der Waals surface area contributed by atoms with Crippen molar-refractivity contribution >= 4 is 0 Å². The molecule has 0 heterocycles. The first-order valence-electron chi connectivity index (χ1n) is 4.34. The molecule has 0 aliphatic carbocycles. The van der Waals surface area contributed by atoms with Crippen molar-refractivity contribution in [3.8, 4) is 0 Å². The van der Waals surface area contributed by atoms with Crippen LogP contribution < -0.4 is 5.32 Å². The van der Waals surface area contributed by atoms with E-state index in [1.165, 1.54) is 12.8 Å². The van der Waals surface area contributed by atoms with Crippen LogP contribution in [-0.4, -0.2) is 6.54 Å². The molecule has 0 unspecified atom stereocenters. The van der Waals surface area contributed by atoms with Crippen molar-refractivity contribution in [2.75, 3.05) is 6.54 Å². The van der Waals surface area contributed by atoms with E-state index in [0.717, 1.165) is 18.7 Å². The summed E-state index contributed by atoms with van der Waals surface area (Å²) in [7, 11) is 0. The van der Waals surface area contributed by atoms with Crippen LogP contribution in [0.5, 0.6) is 0 Å². The highest BCUT2D eigenvalue weighted by Gasteiger charge is 1.89. The molecule has 0 bridgehead atoms. The van der Waals surface area contributed by atoms with Gasteiger partial charge in [0.05, 0.1) is 0 Å². The van der Waals surface area contributed by atoms with E-state index in [-0.39, 0.29) is 0 Å². The van der Waals surface area contributed by atoms with Crippen molar-refractivity contribution in [2.24, 2.45) is 0 Å². The van der Waals surface area contributed by atoms with Crippen LogP contribution in [0.25, 0.3) is 0 Å². The second-order valence-electron chi connectivity index (χ2n) is 2.60. The average molecular weight is 153 g/mol. The second-order valence-corrected chi connectivity index (χ2v) is 2.60. The molecule has 1 heteroatoms. The van der Waals surface area contributed by atoms with E-state index in [0.29, 0.717) is 0 Å². The smallest absolute Gasteiger partial charge is 0.0115 e. The maximum absolute atomic E-state index is 3.91. The zero-order valence-corrected chi connectivity index (χ0v) is 7.69. The Morgan fingerprint density at radius 1 is 1.55 bits per heavy atom. The van der Waals surface area contributed by atoms with E-state index >= 15 is 0 Å². The zero-order valence-electron chi connectivity index (χ0n) is 7.69. The van der Waals surface area contributed by atoms with Crippen LogP contribution in [0.3, 0.4) is 0 Å². The third kappa shape index (κ3) is 7.17. The summed E-state index contributed by atoms with van der Waals surface area (Å²) < 4.78 is 0. The first kappa shape index (κ1) is 10.3. The lowest BCUT2D eigenvalue weighted by molar-refractivity contribution is 0.739. The number of allylic oxidation sites excluding steroid dienone is 3. The number of rotatable bonds is 6. The standard InChI is InChI=1S/C10H19N/c1-4-6-7-8-9-10(3)11-5-2/h4,6,11H,3,5,7-9H2,1-2H3/b6-4-. The fraction of sp³-hybridized carbons (Fsp3) is 0.600. The molecule has 1 N–H and O–H groups in total. The Morgan fingerprint density at radius 3 is 2.82 bits per heavy atom. The van der Waals surface area contributed by atoms with Gasteiger partial charge in [-0.15, -0.1) is 0 Å². The van der Waals surface area contributed by atoms with E-state index in [9.17, 15) is 0 Å². The van der Waals surface area contributed by atoms with Gasteiger partial charge in [0, 0.05) is 12.2 Å². The van der Waals surface area contributed by atoms with Gasteiger partial charge in [-0.25, -0.2) is 0 Å². The van der Waals surface area contributed by atoms with Crippen molar-refractivity contribution in [2.45, 2.75) is 33.1 Å². The van der Waals surface area contributed by atoms with Crippen molar-refractivity contribution in [3.05, 3.63) is 24.4 Å². The summed E-state index contributed by atoms with van der Waals surface area (Å²) in [6, 6.07) is 0. The van der Waals surface area contributed by atoms with Gasteiger partial charge in [0.25, 0.3) is 0 Å². The fourth-order valence-electron chi connectivity index (χ4n) is 0.938. The lowest BCUT2D eigenvalue weighted by Crippen LogP contribution is -2.10. The highest BCUT2D eigenvalue weighted by atomic mass is 14.9. The Labute approximate surface area is 70.2 Å². The monoisotopic (exact) mass is 153 g/mol. The molecule has 0 amide bonds. The molecule has 64 valence electrons. The maximum atomic E-state index is 3.91. The zero-order chi connectivity index (χ0) is 8.53. The molecule has 0 fully saturated rings. The van der Waals surface area contributed by atoms with E-state index in [1.807, 2.05) is 0 Å². The minimum atomic E-state index is 0.989. The summed E-state index contributed by atoms with van der Waals surface area (Å²) in [4.78, 5) is 0. The van der Waals surface area contributed by atoms with Crippen molar-refractivity contribution in [1.82, 2.24) is 5.32 Å². The molecule has 0 atom stereocenters. The SMILES string of the molecule is C=C(CCC/C=C\C)NCC. The molecule has 0 spiro atoms. The first-order chi connectivity index (χ1) is 5.31. The van der Waals surface area contributed by atoms with E-state index < -0.39 is 0 Å². The average Bonchev–Trinajstić information content (AvgIpc) is 1.99. The number of nitrogens with one attached hydrogen (secondary N) is 1. The largest absolute Gasteiger partial charge is 0.389 e. The van der Waals surface area contributed by atoms with E-state index in [2.05, 4.69) is 37.9 Å². The molecule has 0 saturated carbocycles. The van der Waals surface area contributed by atoms with Crippen LogP contribution in [0.4, 0.5) is 0 Å². The number of hydrogen-bond donors (Lipinski definition) is 1. The van der Waals surface area contributed by atoms with Crippen LogP contribution in [0.1, 0.15) is 33.1 Å². The molecule has 0 rings (SSSR count). The fourth-order valence-corrected chi connectivity index (χ4v) is 0.938. The van der Waals surface area contributed by atoms with Crippen molar-refractivity contribution < 1.29 is 0 Å². The third-order valence-corrected chi connectivity index (χ3v) is 1.51. The summed E-state index contributed by atoms with van der Waals surface area (Å²) in [5.74, 6) is 0. The van der Waals surface area contributed by atoms with Crippen LogP contribution in [0.15, 0.2) is 24.4 Å². The minimum absolute atomic E-state index is 0.989. The molecular weight excluding hydrogens is 134 g/mol. The van der Waals surface area contributed by atoms with Gasteiger partial charge in [0.2, 0.25) is 0 Å². The normalized spacial score (nSPS) is 10.4. The van der Waals surface area contributed by atoms with Crippen LogP contribution >= 0.6 is 0 Å². The molecule has 0 aliphatic rings. The summed E-state index contributed by atoms with van der Waals surface area (Å²) in [5.41, 5.74) is 1.16. The lowest BCUT2D eigenvalue weighted by Gasteiger charge is -2.04. The molecule has 11 heavy (non-hydrogen) atoms. The lowest BCUT2D eigenvalue weighted by atomic mass is 10.2. The van der Waals surface area contributed by atoms with Gasteiger partial charge in [0.15, 0.2) is 0 Å². The predicted octanol–water partition coefficient (Wildman–Crippen LogP) is 2.86. The van der Waals surface area contributed by atoms with Gasteiger partial charge in [0.1, 0.15) is 0 Å². The molecule has 0 aliphatic heterocycles. The van der Waals surface area contributed by atoms with Crippen LogP contribution in [-0.2, 0) is 0 Å². The Hall–Kier alpha value is -0.720. The van der Waals surface area contributed by atoms with Crippen molar-refractivity contribution in [1.29, 1.82) is 0 Å². The minimum Gasteiger partial charge on any atom is -0.389 e. The maximum Gasteiger partial charge on any atom is 0.0115 e. The van der Waals surface area contributed by atoms with Gasteiger partial charge in [-0.1, -0.05) is 18.7 Å². The Kier molecular flexibility index (Phi) is 6.90. The molecule has 0 aromatic carbocycles. The van der Waals surface area contributed by atoms with E-state index in [4.69, 9.17) is 0 Å². The summed E-state index contributed by atoms with van der Waals surface area (Å²) in [6.07, 6.45) is 7.75. The Bertz CT molecular complexity index is 125.